The van der Waals surface area contributed by atoms with Crippen LogP contribution in [0.1, 0.15) is 11.3 Å². The molecule has 1 aromatic heterocycles. The SMILES string of the molecule is Cc1ccc(F)c(-c2cc(CS(=O)(=O)O)no2)c1. The van der Waals surface area contributed by atoms with Crippen LogP contribution in [-0.2, 0) is 15.9 Å². The van der Waals surface area contributed by atoms with Crippen molar-refractivity contribution in [3.05, 3.63) is 41.3 Å². The van der Waals surface area contributed by atoms with Crippen molar-refractivity contribution in [2.24, 2.45) is 0 Å². The lowest BCUT2D eigenvalue weighted by Gasteiger charge is -1.99. The van der Waals surface area contributed by atoms with Crippen LogP contribution in [0.3, 0.4) is 0 Å². The molecule has 2 aromatic rings. The lowest BCUT2D eigenvalue weighted by molar-refractivity contribution is 0.421. The van der Waals surface area contributed by atoms with E-state index < -0.39 is 21.7 Å². The first-order chi connectivity index (χ1) is 8.35. The van der Waals surface area contributed by atoms with Crippen LogP contribution in [0.25, 0.3) is 11.3 Å². The lowest BCUT2D eigenvalue weighted by Crippen LogP contribution is -2.01. The number of aryl methyl sites for hydroxylation is 1. The second-order valence-corrected chi connectivity index (χ2v) is 5.34. The molecule has 0 aliphatic rings. The highest BCUT2D eigenvalue weighted by Gasteiger charge is 2.15. The fourth-order valence-electron chi connectivity index (χ4n) is 1.52. The van der Waals surface area contributed by atoms with Crippen LogP contribution < -0.4 is 0 Å². The highest BCUT2D eigenvalue weighted by molar-refractivity contribution is 7.85. The topological polar surface area (TPSA) is 80.4 Å². The van der Waals surface area contributed by atoms with E-state index in [2.05, 4.69) is 5.16 Å². The van der Waals surface area contributed by atoms with Gasteiger partial charge in [0.1, 0.15) is 17.3 Å². The molecule has 0 unspecified atom stereocenters. The molecule has 96 valence electrons. The van der Waals surface area contributed by atoms with Crippen molar-refractivity contribution < 1.29 is 21.9 Å². The fraction of sp³-hybridized carbons (Fsp3) is 0.182. The maximum atomic E-state index is 13.5. The van der Waals surface area contributed by atoms with E-state index in [1.54, 1.807) is 19.1 Å². The van der Waals surface area contributed by atoms with Crippen LogP contribution in [0.5, 0.6) is 0 Å². The number of hydrogen-bond acceptors (Lipinski definition) is 4. The Balaban J connectivity index is 2.38. The summed E-state index contributed by atoms with van der Waals surface area (Å²) in [6, 6.07) is 5.74. The van der Waals surface area contributed by atoms with E-state index in [1.807, 2.05) is 0 Å². The van der Waals surface area contributed by atoms with Gasteiger partial charge < -0.3 is 4.52 Å². The van der Waals surface area contributed by atoms with Crippen molar-refractivity contribution in [1.29, 1.82) is 0 Å². The highest BCUT2D eigenvalue weighted by atomic mass is 32.2. The zero-order chi connectivity index (χ0) is 13.3. The first-order valence-electron chi connectivity index (χ1n) is 5.02. The van der Waals surface area contributed by atoms with Crippen molar-refractivity contribution in [3.63, 3.8) is 0 Å². The van der Waals surface area contributed by atoms with Gasteiger partial charge in [0.05, 0.1) is 5.56 Å². The van der Waals surface area contributed by atoms with E-state index in [4.69, 9.17) is 9.08 Å². The zero-order valence-electron chi connectivity index (χ0n) is 9.42. The molecule has 0 saturated heterocycles. The monoisotopic (exact) mass is 271 g/mol. The Labute approximate surface area is 103 Å². The Morgan fingerprint density at radius 2 is 2.11 bits per heavy atom. The number of rotatable bonds is 3. The van der Waals surface area contributed by atoms with Gasteiger partial charge in [-0.3, -0.25) is 4.55 Å². The van der Waals surface area contributed by atoms with Crippen molar-refractivity contribution in [2.45, 2.75) is 12.7 Å². The Morgan fingerprint density at radius 3 is 2.78 bits per heavy atom. The zero-order valence-corrected chi connectivity index (χ0v) is 10.2. The Morgan fingerprint density at radius 1 is 1.39 bits per heavy atom. The maximum absolute atomic E-state index is 13.5. The third kappa shape index (κ3) is 2.93. The quantitative estimate of drug-likeness (QED) is 0.865. The molecular weight excluding hydrogens is 261 g/mol. The molecule has 2 rings (SSSR count). The minimum Gasteiger partial charge on any atom is -0.356 e. The summed E-state index contributed by atoms with van der Waals surface area (Å²) in [4.78, 5) is 0. The largest absolute Gasteiger partial charge is 0.356 e. The van der Waals surface area contributed by atoms with Crippen LogP contribution in [0.2, 0.25) is 0 Å². The molecule has 0 radical (unpaired) electrons. The normalized spacial score (nSPS) is 11.7. The van der Waals surface area contributed by atoms with E-state index in [9.17, 15) is 12.8 Å². The van der Waals surface area contributed by atoms with Crippen molar-refractivity contribution in [1.82, 2.24) is 5.16 Å². The average molecular weight is 271 g/mol. The molecule has 0 aliphatic carbocycles. The third-order valence-electron chi connectivity index (χ3n) is 2.28. The average Bonchev–Trinajstić information content (AvgIpc) is 2.67. The molecule has 5 nitrogen and oxygen atoms in total. The molecule has 0 aliphatic heterocycles. The number of nitrogens with zero attached hydrogens (tertiary/aromatic N) is 1. The molecule has 1 N–H and O–H groups in total. The summed E-state index contributed by atoms with van der Waals surface area (Å²) in [7, 11) is -4.18. The van der Waals surface area contributed by atoms with Gasteiger partial charge in [-0.05, 0) is 19.1 Å². The molecule has 7 heteroatoms. The Bertz CT molecular complexity index is 678. The molecule has 18 heavy (non-hydrogen) atoms. The first kappa shape index (κ1) is 12.7. The summed E-state index contributed by atoms with van der Waals surface area (Å²) in [5, 5.41) is 3.47. The Kier molecular flexibility index (Phi) is 3.18. The fourth-order valence-corrected chi connectivity index (χ4v) is 2.03. The summed E-state index contributed by atoms with van der Waals surface area (Å²) >= 11 is 0. The number of benzene rings is 1. The minimum atomic E-state index is -4.18. The van der Waals surface area contributed by atoms with E-state index >= 15 is 0 Å². The standard InChI is InChI=1S/C11H10FNO4S/c1-7-2-3-10(12)9(4-7)11-5-8(13-17-11)6-18(14,15)16/h2-5H,6H2,1H3,(H,14,15,16). The van der Waals surface area contributed by atoms with Gasteiger partial charge in [-0.15, -0.1) is 0 Å². The van der Waals surface area contributed by atoms with E-state index in [0.29, 0.717) is 0 Å². The number of hydrogen-bond donors (Lipinski definition) is 1. The van der Waals surface area contributed by atoms with E-state index in [-0.39, 0.29) is 17.0 Å². The molecule has 0 saturated carbocycles. The third-order valence-corrected chi connectivity index (χ3v) is 2.94. The summed E-state index contributed by atoms with van der Waals surface area (Å²) in [6.45, 7) is 1.79. The van der Waals surface area contributed by atoms with Crippen LogP contribution in [0.4, 0.5) is 4.39 Å². The molecule has 1 heterocycles. The molecular formula is C11H10FNO4S. The van der Waals surface area contributed by atoms with Gasteiger partial charge in [-0.1, -0.05) is 16.8 Å². The van der Waals surface area contributed by atoms with Gasteiger partial charge in [0.15, 0.2) is 5.76 Å². The van der Waals surface area contributed by atoms with Crippen LogP contribution in [-0.4, -0.2) is 18.1 Å². The molecule has 0 spiro atoms. The first-order valence-corrected chi connectivity index (χ1v) is 6.63. The van der Waals surface area contributed by atoms with Crippen LogP contribution in [0, 0.1) is 12.7 Å². The molecule has 0 bridgehead atoms. The van der Waals surface area contributed by atoms with E-state index in [0.717, 1.165) is 5.56 Å². The lowest BCUT2D eigenvalue weighted by atomic mass is 10.1. The van der Waals surface area contributed by atoms with Gasteiger partial charge in [0.25, 0.3) is 10.1 Å². The van der Waals surface area contributed by atoms with Crippen LogP contribution in [0.15, 0.2) is 28.8 Å². The van der Waals surface area contributed by atoms with Gasteiger partial charge in [0.2, 0.25) is 0 Å². The summed E-state index contributed by atoms with van der Waals surface area (Å²) in [5.74, 6) is -1.03. The van der Waals surface area contributed by atoms with Crippen molar-refractivity contribution in [3.8, 4) is 11.3 Å². The molecule has 0 atom stereocenters. The van der Waals surface area contributed by atoms with Gasteiger partial charge >= 0.3 is 0 Å². The predicted octanol–water partition coefficient (Wildman–Crippen LogP) is 2.18. The van der Waals surface area contributed by atoms with Gasteiger partial charge in [0, 0.05) is 6.07 Å². The number of halogens is 1. The second-order valence-electron chi connectivity index (χ2n) is 3.89. The predicted molar refractivity (Wildman–Crippen MR) is 61.9 cm³/mol. The second kappa shape index (κ2) is 4.51. The van der Waals surface area contributed by atoms with Crippen molar-refractivity contribution in [2.75, 3.05) is 0 Å². The van der Waals surface area contributed by atoms with Gasteiger partial charge in [-0.25, -0.2) is 4.39 Å². The molecule has 0 fully saturated rings. The smallest absolute Gasteiger partial charge is 0.270 e. The van der Waals surface area contributed by atoms with E-state index in [1.165, 1.54) is 12.1 Å². The summed E-state index contributed by atoms with van der Waals surface area (Å²) in [6.07, 6.45) is 0. The van der Waals surface area contributed by atoms with Crippen molar-refractivity contribution >= 4 is 10.1 Å². The highest BCUT2D eigenvalue weighted by Crippen LogP contribution is 2.25. The summed E-state index contributed by atoms with van der Waals surface area (Å²) in [5.41, 5.74) is 1.05. The maximum Gasteiger partial charge on any atom is 0.270 e. The number of aromatic nitrogens is 1. The molecule has 0 amide bonds. The van der Waals surface area contributed by atoms with Crippen LogP contribution >= 0.6 is 0 Å². The summed E-state index contributed by atoms with van der Waals surface area (Å²) < 4.78 is 48.4. The minimum absolute atomic E-state index is 0.0217. The molecule has 1 aromatic carbocycles. The Hall–Kier alpha value is -1.73. The van der Waals surface area contributed by atoms with Gasteiger partial charge in [-0.2, -0.15) is 8.42 Å².